The number of likely N-dealkylation sites (tertiary alicyclic amines) is 1. The molecule has 0 unspecified atom stereocenters. The Morgan fingerprint density at radius 1 is 1.22 bits per heavy atom. The number of hydrogen-bond donors (Lipinski definition) is 1. The average molecular weight is 243 g/mol. The van der Waals surface area contributed by atoms with Crippen molar-refractivity contribution in [3.8, 4) is 0 Å². The second kappa shape index (κ2) is 4.25. The summed E-state index contributed by atoms with van der Waals surface area (Å²) in [6.45, 7) is 1.50. The van der Waals surface area contributed by atoms with Crippen LogP contribution in [0.5, 0.6) is 0 Å². The Labute approximate surface area is 103 Å². The molecule has 3 rings (SSSR count). The third-order valence-corrected chi connectivity index (χ3v) is 3.23. The molecule has 1 N–H and O–H groups in total. The summed E-state index contributed by atoms with van der Waals surface area (Å²) in [6.07, 6.45) is 2.04. The molecule has 1 saturated heterocycles. The topological polar surface area (TPSA) is 66.1 Å². The first-order valence-electron chi connectivity index (χ1n) is 6.04. The Balaban J connectivity index is 2.15. The van der Waals surface area contributed by atoms with Crippen molar-refractivity contribution in [3.63, 3.8) is 0 Å². The summed E-state index contributed by atoms with van der Waals surface area (Å²) in [6, 6.07) is 7.24. The van der Waals surface area contributed by atoms with Gasteiger partial charge in [0, 0.05) is 18.5 Å². The highest BCUT2D eigenvalue weighted by Gasteiger charge is 2.22. The first kappa shape index (κ1) is 11.0. The number of fused-ring (bicyclic) bond motifs is 1. The molecule has 2 aromatic rings. The van der Waals surface area contributed by atoms with Crippen LogP contribution in [-0.4, -0.2) is 33.9 Å². The Morgan fingerprint density at radius 2 is 1.94 bits per heavy atom. The quantitative estimate of drug-likeness (QED) is 0.817. The van der Waals surface area contributed by atoms with Gasteiger partial charge in [0.2, 0.25) is 0 Å². The maximum Gasteiger partial charge on any atom is 0.346 e. The van der Waals surface area contributed by atoms with Crippen molar-refractivity contribution in [2.75, 3.05) is 13.1 Å². The molecule has 5 nitrogen and oxygen atoms in total. The van der Waals surface area contributed by atoms with E-state index in [1.165, 1.54) is 0 Å². The second-order valence-electron chi connectivity index (χ2n) is 4.44. The third kappa shape index (κ3) is 1.77. The van der Waals surface area contributed by atoms with Gasteiger partial charge in [-0.05, 0) is 18.9 Å². The molecule has 1 aliphatic rings. The number of carbonyl (C=O) groups excluding carboxylic acids is 1. The van der Waals surface area contributed by atoms with Crippen molar-refractivity contribution < 1.29 is 4.79 Å². The summed E-state index contributed by atoms with van der Waals surface area (Å²) in [7, 11) is 0. The van der Waals surface area contributed by atoms with Crippen molar-refractivity contribution in [3.05, 3.63) is 40.4 Å². The third-order valence-electron chi connectivity index (χ3n) is 3.23. The molecule has 1 aromatic heterocycles. The smallest absolute Gasteiger partial charge is 0.337 e. The zero-order valence-corrected chi connectivity index (χ0v) is 9.85. The van der Waals surface area contributed by atoms with Gasteiger partial charge in [0.05, 0.1) is 5.52 Å². The van der Waals surface area contributed by atoms with E-state index in [0.717, 1.165) is 25.9 Å². The van der Waals surface area contributed by atoms with E-state index in [0.29, 0.717) is 10.9 Å². The average Bonchev–Trinajstić information content (AvgIpc) is 2.90. The molecule has 1 aromatic carbocycles. The van der Waals surface area contributed by atoms with Gasteiger partial charge in [-0.2, -0.15) is 4.98 Å². The van der Waals surface area contributed by atoms with Crippen LogP contribution < -0.4 is 5.69 Å². The van der Waals surface area contributed by atoms with Gasteiger partial charge in [-0.3, -0.25) is 4.79 Å². The standard InChI is InChI=1S/C13H13N3O2/c17-12(16-7-3-4-8-16)11-9-5-1-2-6-10(9)14-13(18)15-11/h1-2,5-6H,3-4,7-8H2,(H,14,15,18). The lowest BCUT2D eigenvalue weighted by Crippen LogP contribution is -2.30. The first-order valence-corrected chi connectivity index (χ1v) is 6.04. The number of H-pyrrole nitrogens is 1. The van der Waals surface area contributed by atoms with Gasteiger partial charge in [0.25, 0.3) is 5.91 Å². The van der Waals surface area contributed by atoms with E-state index in [1.54, 1.807) is 11.0 Å². The molecule has 0 atom stereocenters. The molecule has 92 valence electrons. The lowest BCUT2D eigenvalue weighted by molar-refractivity contribution is 0.0788. The summed E-state index contributed by atoms with van der Waals surface area (Å²) in [5, 5.41) is 0.703. The predicted molar refractivity (Wildman–Crippen MR) is 67.5 cm³/mol. The molecular weight excluding hydrogens is 230 g/mol. The first-order chi connectivity index (χ1) is 8.75. The Hall–Kier alpha value is -2.17. The van der Waals surface area contributed by atoms with Gasteiger partial charge in [-0.1, -0.05) is 18.2 Å². The van der Waals surface area contributed by atoms with Gasteiger partial charge in [0.15, 0.2) is 0 Å². The number of para-hydroxylation sites is 1. The van der Waals surface area contributed by atoms with Crippen LogP contribution in [0.2, 0.25) is 0 Å². The number of rotatable bonds is 1. The highest BCUT2D eigenvalue weighted by molar-refractivity contribution is 6.04. The minimum Gasteiger partial charge on any atom is -0.337 e. The van der Waals surface area contributed by atoms with Crippen LogP contribution in [0.25, 0.3) is 10.9 Å². The van der Waals surface area contributed by atoms with Gasteiger partial charge in [-0.25, -0.2) is 4.79 Å². The molecule has 0 saturated carbocycles. The zero-order chi connectivity index (χ0) is 12.5. The van der Waals surface area contributed by atoms with E-state index >= 15 is 0 Å². The van der Waals surface area contributed by atoms with Crippen LogP contribution in [0.4, 0.5) is 0 Å². The van der Waals surface area contributed by atoms with Crippen LogP contribution in [0.1, 0.15) is 23.3 Å². The van der Waals surface area contributed by atoms with Crippen molar-refractivity contribution >= 4 is 16.8 Å². The van der Waals surface area contributed by atoms with E-state index < -0.39 is 5.69 Å². The minimum absolute atomic E-state index is 0.144. The van der Waals surface area contributed by atoms with Crippen molar-refractivity contribution in [1.29, 1.82) is 0 Å². The summed E-state index contributed by atoms with van der Waals surface area (Å²) < 4.78 is 0. The SMILES string of the molecule is O=C(c1nc(=O)[nH]c2ccccc12)N1CCCC1. The van der Waals surface area contributed by atoms with Crippen LogP contribution in [-0.2, 0) is 0 Å². The molecule has 0 aliphatic carbocycles. The zero-order valence-electron chi connectivity index (χ0n) is 9.85. The summed E-state index contributed by atoms with van der Waals surface area (Å²) in [5.41, 5.74) is 0.438. The minimum atomic E-state index is -0.476. The predicted octanol–water partition coefficient (Wildman–Crippen LogP) is 1.16. The Kier molecular flexibility index (Phi) is 2.59. The van der Waals surface area contributed by atoms with Gasteiger partial charge >= 0.3 is 5.69 Å². The normalized spacial score (nSPS) is 15.2. The number of carbonyl (C=O) groups is 1. The van der Waals surface area contributed by atoms with Gasteiger partial charge in [-0.15, -0.1) is 0 Å². The van der Waals surface area contributed by atoms with Gasteiger partial charge in [0.1, 0.15) is 5.69 Å². The number of aromatic amines is 1. The number of amides is 1. The molecular formula is C13H13N3O2. The molecule has 1 aliphatic heterocycles. The second-order valence-corrected chi connectivity index (χ2v) is 4.44. The largest absolute Gasteiger partial charge is 0.346 e. The molecule has 5 heteroatoms. The number of benzene rings is 1. The Morgan fingerprint density at radius 3 is 2.72 bits per heavy atom. The van der Waals surface area contributed by atoms with E-state index in [9.17, 15) is 9.59 Å². The monoisotopic (exact) mass is 243 g/mol. The number of nitrogens with one attached hydrogen (secondary N) is 1. The lowest BCUT2D eigenvalue weighted by atomic mass is 10.1. The van der Waals surface area contributed by atoms with Crippen LogP contribution in [0, 0.1) is 0 Å². The summed E-state index contributed by atoms with van der Waals surface area (Å²) in [5.74, 6) is -0.144. The number of nitrogens with zero attached hydrogens (tertiary/aromatic N) is 2. The number of aromatic nitrogens is 2. The molecule has 18 heavy (non-hydrogen) atoms. The number of hydrogen-bond acceptors (Lipinski definition) is 3. The molecule has 1 fully saturated rings. The fraction of sp³-hybridized carbons (Fsp3) is 0.308. The lowest BCUT2D eigenvalue weighted by Gasteiger charge is -2.15. The van der Waals surface area contributed by atoms with E-state index in [4.69, 9.17) is 0 Å². The van der Waals surface area contributed by atoms with Crippen LogP contribution in [0.3, 0.4) is 0 Å². The molecule has 0 spiro atoms. The maximum atomic E-state index is 12.3. The van der Waals surface area contributed by atoms with Crippen molar-refractivity contribution in [2.24, 2.45) is 0 Å². The fourth-order valence-corrected chi connectivity index (χ4v) is 2.34. The Bertz CT molecular complexity index is 657. The van der Waals surface area contributed by atoms with Gasteiger partial charge < -0.3 is 9.88 Å². The molecule has 0 bridgehead atoms. The van der Waals surface area contributed by atoms with Crippen molar-refractivity contribution in [2.45, 2.75) is 12.8 Å². The maximum absolute atomic E-state index is 12.3. The van der Waals surface area contributed by atoms with E-state index in [1.807, 2.05) is 18.2 Å². The van der Waals surface area contributed by atoms with E-state index in [2.05, 4.69) is 9.97 Å². The van der Waals surface area contributed by atoms with Crippen LogP contribution in [0.15, 0.2) is 29.1 Å². The molecule has 2 heterocycles. The van der Waals surface area contributed by atoms with Crippen LogP contribution >= 0.6 is 0 Å². The summed E-state index contributed by atoms with van der Waals surface area (Å²) in [4.78, 5) is 32.0. The van der Waals surface area contributed by atoms with E-state index in [-0.39, 0.29) is 11.6 Å². The fourth-order valence-electron chi connectivity index (χ4n) is 2.34. The highest BCUT2D eigenvalue weighted by atomic mass is 16.2. The van der Waals surface area contributed by atoms with Crippen molar-refractivity contribution in [1.82, 2.24) is 14.9 Å². The molecule has 1 amide bonds. The molecule has 0 radical (unpaired) electrons. The highest BCUT2D eigenvalue weighted by Crippen LogP contribution is 2.17. The summed E-state index contributed by atoms with van der Waals surface area (Å²) >= 11 is 0.